The van der Waals surface area contributed by atoms with Crippen molar-refractivity contribution in [3.8, 4) is 5.69 Å². The molecule has 0 spiro atoms. The molecule has 1 unspecified atom stereocenters. The molecule has 0 aliphatic carbocycles. The Kier molecular flexibility index (Phi) is 3.40. The van der Waals surface area contributed by atoms with Gasteiger partial charge in [0.25, 0.3) is 0 Å². The lowest BCUT2D eigenvalue weighted by Gasteiger charge is -2.14. The van der Waals surface area contributed by atoms with E-state index in [0.29, 0.717) is 5.95 Å². The van der Waals surface area contributed by atoms with Crippen LogP contribution < -0.4 is 5.32 Å². The van der Waals surface area contributed by atoms with Crippen LogP contribution in [0.1, 0.15) is 6.92 Å². The molecule has 0 radical (unpaired) electrons. The second-order valence-electron chi connectivity index (χ2n) is 4.52. The van der Waals surface area contributed by atoms with Crippen molar-refractivity contribution in [2.24, 2.45) is 0 Å². The Bertz CT molecular complexity index is 644. The number of tetrazole rings is 1. The first-order valence-electron chi connectivity index (χ1n) is 6.41. The molecule has 1 N–H and O–H groups in total. The summed E-state index contributed by atoms with van der Waals surface area (Å²) in [5.74, 6) is 0.621. The first-order valence-corrected chi connectivity index (χ1v) is 6.41. The molecule has 1 atom stereocenters. The van der Waals surface area contributed by atoms with Gasteiger partial charge in [-0.25, -0.2) is 0 Å². The Morgan fingerprint density at radius 2 is 2.05 bits per heavy atom. The Labute approximate surface area is 116 Å². The molecular weight excluding hydrogens is 254 g/mol. The highest BCUT2D eigenvalue weighted by molar-refractivity contribution is 5.38. The van der Waals surface area contributed by atoms with E-state index in [1.165, 1.54) is 0 Å². The molecule has 0 bridgehead atoms. The minimum atomic E-state index is 0.156. The van der Waals surface area contributed by atoms with Crippen LogP contribution >= 0.6 is 0 Å². The molecule has 2 aromatic heterocycles. The maximum atomic E-state index is 4.18. The molecule has 7 nitrogen and oxygen atoms in total. The van der Waals surface area contributed by atoms with Gasteiger partial charge >= 0.3 is 0 Å². The zero-order chi connectivity index (χ0) is 13.8. The van der Waals surface area contributed by atoms with Gasteiger partial charge in [-0.3, -0.25) is 4.68 Å². The van der Waals surface area contributed by atoms with E-state index in [9.17, 15) is 0 Å². The van der Waals surface area contributed by atoms with Crippen molar-refractivity contribution < 1.29 is 0 Å². The van der Waals surface area contributed by atoms with Crippen LogP contribution in [0.4, 0.5) is 5.95 Å². The molecule has 0 aliphatic heterocycles. The van der Waals surface area contributed by atoms with Crippen molar-refractivity contribution in [3.63, 3.8) is 0 Å². The van der Waals surface area contributed by atoms with Crippen molar-refractivity contribution in [1.29, 1.82) is 0 Å². The van der Waals surface area contributed by atoms with E-state index in [0.717, 1.165) is 12.2 Å². The summed E-state index contributed by atoms with van der Waals surface area (Å²) in [7, 11) is 0. The second-order valence-corrected chi connectivity index (χ2v) is 4.52. The van der Waals surface area contributed by atoms with Gasteiger partial charge in [0, 0.05) is 18.4 Å². The van der Waals surface area contributed by atoms with Crippen molar-refractivity contribution >= 4 is 5.95 Å². The van der Waals surface area contributed by atoms with Crippen LogP contribution in [0.2, 0.25) is 0 Å². The average Bonchev–Trinajstić information content (AvgIpc) is 3.11. The SMILES string of the molecule is CC(Cn1cccn1)Nc1nnnn1-c1ccccc1. The van der Waals surface area contributed by atoms with Gasteiger partial charge in [0.2, 0.25) is 5.95 Å². The molecule has 1 aromatic carbocycles. The first-order chi connectivity index (χ1) is 9.83. The van der Waals surface area contributed by atoms with Gasteiger partial charge in [-0.05, 0) is 35.5 Å². The van der Waals surface area contributed by atoms with E-state index < -0.39 is 0 Å². The summed E-state index contributed by atoms with van der Waals surface area (Å²) in [6.07, 6.45) is 3.69. The predicted molar refractivity (Wildman–Crippen MR) is 74.5 cm³/mol. The van der Waals surface area contributed by atoms with Crippen molar-refractivity contribution in [2.75, 3.05) is 5.32 Å². The molecule has 3 aromatic rings. The normalized spacial score (nSPS) is 12.2. The molecule has 0 saturated heterocycles. The second kappa shape index (κ2) is 5.52. The maximum absolute atomic E-state index is 4.18. The number of hydrogen-bond donors (Lipinski definition) is 1. The summed E-state index contributed by atoms with van der Waals surface area (Å²) in [6, 6.07) is 11.8. The fourth-order valence-electron chi connectivity index (χ4n) is 1.98. The van der Waals surface area contributed by atoms with Crippen LogP contribution in [-0.2, 0) is 6.54 Å². The molecule has 0 amide bonds. The van der Waals surface area contributed by atoms with Gasteiger partial charge in [-0.1, -0.05) is 23.3 Å². The van der Waals surface area contributed by atoms with Crippen molar-refractivity contribution in [1.82, 2.24) is 30.0 Å². The third kappa shape index (κ3) is 2.66. The van der Waals surface area contributed by atoms with Gasteiger partial charge in [0.05, 0.1) is 12.2 Å². The van der Waals surface area contributed by atoms with Crippen LogP contribution in [-0.4, -0.2) is 36.0 Å². The number of aromatic nitrogens is 6. The maximum Gasteiger partial charge on any atom is 0.248 e. The molecule has 102 valence electrons. The molecule has 3 rings (SSSR count). The van der Waals surface area contributed by atoms with Crippen LogP contribution in [0.15, 0.2) is 48.8 Å². The zero-order valence-electron chi connectivity index (χ0n) is 11.1. The predicted octanol–water partition coefficient (Wildman–Crippen LogP) is 1.36. The smallest absolute Gasteiger partial charge is 0.248 e. The Balaban J connectivity index is 1.74. The number of benzene rings is 1. The van der Waals surface area contributed by atoms with E-state index in [1.807, 2.05) is 47.3 Å². The Hall–Kier alpha value is -2.70. The lowest BCUT2D eigenvalue weighted by Crippen LogP contribution is -2.24. The topological polar surface area (TPSA) is 73.5 Å². The zero-order valence-corrected chi connectivity index (χ0v) is 11.1. The van der Waals surface area contributed by atoms with Crippen molar-refractivity contribution in [3.05, 3.63) is 48.8 Å². The van der Waals surface area contributed by atoms with E-state index in [2.05, 4.69) is 32.9 Å². The minimum Gasteiger partial charge on any atom is -0.348 e. The van der Waals surface area contributed by atoms with E-state index in [4.69, 9.17) is 0 Å². The number of rotatable bonds is 5. The van der Waals surface area contributed by atoms with Gasteiger partial charge < -0.3 is 5.32 Å². The van der Waals surface area contributed by atoms with E-state index in [-0.39, 0.29) is 6.04 Å². The molecule has 7 heteroatoms. The minimum absolute atomic E-state index is 0.156. The molecule has 0 saturated carbocycles. The van der Waals surface area contributed by atoms with E-state index in [1.54, 1.807) is 10.9 Å². The highest BCUT2D eigenvalue weighted by atomic mass is 15.6. The Morgan fingerprint density at radius 3 is 2.80 bits per heavy atom. The number of hydrogen-bond acceptors (Lipinski definition) is 5. The quantitative estimate of drug-likeness (QED) is 0.757. The Morgan fingerprint density at radius 1 is 1.20 bits per heavy atom. The highest BCUT2D eigenvalue weighted by Crippen LogP contribution is 2.11. The van der Waals surface area contributed by atoms with Crippen LogP contribution in [0.25, 0.3) is 5.69 Å². The molecule has 0 aliphatic rings. The lowest BCUT2D eigenvalue weighted by molar-refractivity contribution is 0.557. The van der Waals surface area contributed by atoms with Crippen LogP contribution in [0.5, 0.6) is 0 Å². The lowest BCUT2D eigenvalue weighted by atomic mass is 10.3. The number of nitrogens with one attached hydrogen (secondary N) is 1. The number of para-hydroxylation sites is 1. The van der Waals surface area contributed by atoms with Crippen molar-refractivity contribution in [2.45, 2.75) is 19.5 Å². The number of anilines is 1. The largest absolute Gasteiger partial charge is 0.348 e. The monoisotopic (exact) mass is 269 g/mol. The van der Waals surface area contributed by atoms with Gasteiger partial charge in [0.15, 0.2) is 0 Å². The van der Waals surface area contributed by atoms with Gasteiger partial charge in [0.1, 0.15) is 0 Å². The summed E-state index contributed by atoms with van der Waals surface area (Å²) >= 11 is 0. The summed E-state index contributed by atoms with van der Waals surface area (Å²) in [4.78, 5) is 0. The van der Waals surface area contributed by atoms with E-state index >= 15 is 0 Å². The highest BCUT2D eigenvalue weighted by Gasteiger charge is 2.11. The molecule has 2 heterocycles. The summed E-state index contributed by atoms with van der Waals surface area (Å²) in [5, 5.41) is 19.2. The number of nitrogens with zero attached hydrogens (tertiary/aromatic N) is 6. The van der Waals surface area contributed by atoms with Crippen LogP contribution in [0, 0.1) is 0 Å². The van der Waals surface area contributed by atoms with Gasteiger partial charge in [-0.2, -0.15) is 9.78 Å². The third-order valence-corrected chi connectivity index (χ3v) is 2.87. The fourth-order valence-corrected chi connectivity index (χ4v) is 1.98. The average molecular weight is 269 g/mol. The first kappa shape index (κ1) is 12.3. The van der Waals surface area contributed by atoms with Gasteiger partial charge in [-0.15, -0.1) is 0 Å². The summed E-state index contributed by atoms with van der Waals surface area (Å²) in [6.45, 7) is 2.81. The third-order valence-electron chi connectivity index (χ3n) is 2.87. The molecule has 0 fully saturated rings. The molecule has 20 heavy (non-hydrogen) atoms. The summed E-state index contributed by atoms with van der Waals surface area (Å²) < 4.78 is 3.55. The summed E-state index contributed by atoms with van der Waals surface area (Å²) in [5.41, 5.74) is 0.922. The fraction of sp³-hybridized carbons (Fsp3) is 0.231. The van der Waals surface area contributed by atoms with Crippen LogP contribution in [0.3, 0.4) is 0 Å². The standard InChI is InChI=1S/C13H15N7/c1-11(10-19-9-5-8-14-19)15-13-16-17-18-20(13)12-6-3-2-4-7-12/h2-9,11H,10H2,1H3,(H,15,16,18). The molecular formula is C13H15N7.